The lowest BCUT2D eigenvalue weighted by atomic mass is 10.1. The highest BCUT2D eigenvalue weighted by atomic mass is 19.4. The third kappa shape index (κ3) is 4.55. The Morgan fingerprint density at radius 3 is 2.74 bits per heavy atom. The number of hydrogen-bond acceptors (Lipinski definition) is 4. The van der Waals surface area contributed by atoms with E-state index in [4.69, 9.17) is 0 Å². The van der Waals surface area contributed by atoms with Gasteiger partial charge < -0.3 is 15.0 Å². The van der Waals surface area contributed by atoms with E-state index < -0.39 is 18.8 Å². The first-order valence-corrected chi connectivity index (χ1v) is 8.14. The molecule has 0 aliphatic heterocycles. The van der Waals surface area contributed by atoms with E-state index in [9.17, 15) is 18.0 Å². The number of fused-ring (bicyclic) bond motifs is 1. The summed E-state index contributed by atoms with van der Waals surface area (Å²) in [7, 11) is 0. The van der Waals surface area contributed by atoms with Crippen molar-refractivity contribution >= 4 is 16.9 Å². The van der Waals surface area contributed by atoms with Crippen LogP contribution < -0.4 is 10.1 Å². The number of H-pyrrole nitrogens is 1. The van der Waals surface area contributed by atoms with E-state index >= 15 is 0 Å². The summed E-state index contributed by atoms with van der Waals surface area (Å²) in [5, 5.41) is 2.84. The Morgan fingerprint density at radius 2 is 2.07 bits per heavy atom. The number of nitrogens with one attached hydrogen (secondary N) is 2. The Kier molecular flexibility index (Phi) is 5.02. The van der Waals surface area contributed by atoms with Crippen LogP contribution in [0.3, 0.4) is 0 Å². The standard InChI is InChI=1S/C18H17F3N4O2/c1-10(12-6-7-15(22-8-12)27-9-18(19,20)21)23-17(26)13-4-3-5-14-16(13)25-11(2)24-14/h3-8,10H,9H2,1-2H3,(H,23,26)(H,24,25). The summed E-state index contributed by atoms with van der Waals surface area (Å²) in [4.78, 5) is 23.8. The summed E-state index contributed by atoms with van der Waals surface area (Å²) in [6.07, 6.45) is -3.05. The van der Waals surface area contributed by atoms with Crippen LogP contribution in [0.4, 0.5) is 13.2 Å². The molecule has 9 heteroatoms. The maximum absolute atomic E-state index is 12.6. The van der Waals surface area contributed by atoms with E-state index in [0.717, 1.165) is 5.52 Å². The third-order valence-electron chi connectivity index (χ3n) is 3.87. The topological polar surface area (TPSA) is 79.9 Å². The SMILES string of the molecule is Cc1nc2c(C(=O)NC(C)c3ccc(OCC(F)(F)F)nc3)cccc2[nH]1. The van der Waals surface area contributed by atoms with Crippen molar-refractivity contribution in [1.29, 1.82) is 0 Å². The first kappa shape index (κ1) is 18.7. The number of pyridine rings is 1. The van der Waals surface area contributed by atoms with Crippen molar-refractivity contribution in [2.45, 2.75) is 26.1 Å². The third-order valence-corrected chi connectivity index (χ3v) is 3.87. The van der Waals surface area contributed by atoms with Crippen LogP contribution in [0.5, 0.6) is 5.88 Å². The highest BCUT2D eigenvalue weighted by Crippen LogP contribution is 2.20. The van der Waals surface area contributed by atoms with Gasteiger partial charge >= 0.3 is 6.18 Å². The van der Waals surface area contributed by atoms with Crippen LogP contribution in [-0.2, 0) is 0 Å². The number of nitrogens with zero attached hydrogens (tertiary/aromatic N) is 2. The Morgan fingerprint density at radius 1 is 1.30 bits per heavy atom. The zero-order valence-electron chi connectivity index (χ0n) is 14.6. The minimum Gasteiger partial charge on any atom is -0.468 e. The van der Waals surface area contributed by atoms with Crippen LogP contribution >= 0.6 is 0 Å². The lowest BCUT2D eigenvalue weighted by Crippen LogP contribution is -2.27. The zero-order chi connectivity index (χ0) is 19.6. The van der Waals surface area contributed by atoms with Gasteiger partial charge in [0.15, 0.2) is 6.61 Å². The lowest BCUT2D eigenvalue weighted by molar-refractivity contribution is -0.154. The summed E-state index contributed by atoms with van der Waals surface area (Å²) >= 11 is 0. The van der Waals surface area contributed by atoms with Crippen molar-refractivity contribution in [3.8, 4) is 5.88 Å². The van der Waals surface area contributed by atoms with Gasteiger partial charge in [-0.25, -0.2) is 9.97 Å². The number of imidazole rings is 1. The minimum atomic E-state index is -4.42. The fourth-order valence-corrected chi connectivity index (χ4v) is 2.59. The molecule has 0 bridgehead atoms. The molecule has 0 aliphatic carbocycles. The molecule has 0 aliphatic rings. The van der Waals surface area contributed by atoms with E-state index in [0.29, 0.717) is 22.5 Å². The number of ether oxygens (including phenoxy) is 1. The molecular formula is C18H17F3N4O2. The second-order valence-corrected chi connectivity index (χ2v) is 6.05. The quantitative estimate of drug-likeness (QED) is 0.710. The fraction of sp³-hybridized carbons (Fsp3) is 0.278. The molecule has 3 rings (SSSR count). The molecule has 2 aromatic heterocycles. The summed E-state index contributed by atoms with van der Waals surface area (Å²) in [6, 6.07) is 7.76. The molecule has 0 spiro atoms. The van der Waals surface area contributed by atoms with Crippen LogP contribution in [0.2, 0.25) is 0 Å². The Bertz CT molecular complexity index is 951. The maximum Gasteiger partial charge on any atom is 0.422 e. The summed E-state index contributed by atoms with van der Waals surface area (Å²) in [6.45, 7) is 2.15. The van der Waals surface area contributed by atoms with Crippen LogP contribution in [0.25, 0.3) is 11.0 Å². The molecule has 1 atom stereocenters. The number of aryl methyl sites for hydroxylation is 1. The highest BCUT2D eigenvalue weighted by Gasteiger charge is 2.28. The normalized spacial score (nSPS) is 12.8. The zero-order valence-corrected chi connectivity index (χ0v) is 14.6. The van der Waals surface area contributed by atoms with E-state index in [1.54, 1.807) is 32.0 Å². The number of carbonyl (C=O) groups is 1. The second kappa shape index (κ2) is 7.26. The van der Waals surface area contributed by atoms with Crippen molar-refractivity contribution in [1.82, 2.24) is 20.3 Å². The smallest absolute Gasteiger partial charge is 0.422 e. The van der Waals surface area contributed by atoms with Crippen molar-refractivity contribution < 1.29 is 22.7 Å². The molecule has 2 heterocycles. The predicted molar refractivity (Wildman–Crippen MR) is 92.5 cm³/mol. The first-order valence-electron chi connectivity index (χ1n) is 8.14. The maximum atomic E-state index is 12.6. The van der Waals surface area contributed by atoms with Crippen LogP contribution in [0, 0.1) is 6.92 Å². The molecule has 142 valence electrons. The number of aromatic nitrogens is 3. The first-order chi connectivity index (χ1) is 12.7. The summed E-state index contributed by atoms with van der Waals surface area (Å²) in [5.41, 5.74) is 2.41. The van der Waals surface area contributed by atoms with Gasteiger partial charge in [-0.15, -0.1) is 0 Å². The van der Waals surface area contributed by atoms with Crippen LogP contribution in [-0.4, -0.2) is 33.6 Å². The van der Waals surface area contributed by atoms with Gasteiger partial charge in [0.25, 0.3) is 5.91 Å². The molecule has 27 heavy (non-hydrogen) atoms. The molecule has 1 amide bonds. The molecule has 0 saturated heterocycles. The Balaban J connectivity index is 1.69. The molecule has 6 nitrogen and oxygen atoms in total. The molecule has 0 fully saturated rings. The fourth-order valence-electron chi connectivity index (χ4n) is 2.59. The molecule has 2 N–H and O–H groups in total. The van der Waals surface area contributed by atoms with Crippen molar-refractivity contribution in [2.75, 3.05) is 6.61 Å². The van der Waals surface area contributed by atoms with Gasteiger partial charge in [0.1, 0.15) is 11.3 Å². The molecular weight excluding hydrogens is 361 g/mol. The monoisotopic (exact) mass is 378 g/mol. The molecule has 1 aromatic carbocycles. The van der Waals surface area contributed by atoms with Gasteiger partial charge in [-0.3, -0.25) is 4.79 Å². The number of rotatable bonds is 5. The summed E-state index contributed by atoms with van der Waals surface area (Å²) < 4.78 is 41.0. The number of benzene rings is 1. The van der Waals surface area contributed by atoms with Crippen molar-refractivity contribution in [3.63, 3.8) is 0 Å². The highest BCUT2D eigenvalue weighted by molar-refractivity contribution is 6.05. The van der Waals surface area contributed by atoms with Gasteiger partial charge in [0.2, 0.25) is 5.88 Å². The average Bonchev–Trinajstić information content (AvgIpc) is 2.99. The van der Waals surface area contributed by atoms with Crippen LogP contribution in [0.15, 0.2) is 36.5 Å². The Hall–Kier alpha value is -3.10. The van der Waals surface area contributed by atoms with Gasteiger partial charge in [-0.2, -0.15) is 13.2 Å². The van der Waals surface area contributed by atoms with E-state index in [-0.39, 0.29) is 11.8 Å². The van der Waals surface area contributed by atoms with Gasteiger partial charge in [0, 0.05) is 12.3 Å². The van der Waals surface area contributed by atoms with E-state index in [1.165, 1.54) is 12.3 Å². The number of carbonyl (C=O) groups excluding carboxylic acids is 1. The minimum absolute atomic E-state index is 0.133. The molecule has 0 radical (unpaired) electrons. The van der Waals surface area contributed by atoms with Crippen LogP contribution in [0.1, 0.15) is 34.7 Å². The number of para-hydroxylation sites is 1. The Labute approximate surface area is 152 Å². The van der Waals surface area contributed by atoms with E-state index in [2.05, 4.69) is 25.0 Å². The average molecular weight is 378 g/mol. The summed E-state index contributed by atoms with van der Waals surface area (Å²) in [5.74, 6) is 0.264. The molecule has 1 unspecified atom stereocenters. The predicted octanol–water partition coefficient (Wildman–Crippen LogP) is 3.70. The van der Waals surface area contributed by atoms with Gasteiger partial charge in [0.05, 0.1) is 17.1 Å². The number of halogens is 3. The number of aromatic amines is 1. The van der Waals surface area contributed by atoms with E-state index in [1.807, 2.05) is 6.07 Å². The number of amides is 1. The number of alkyl halides is 3. The lowest BCUT2D eigenvalue weighted by Gasteiger charge is -2.15. The van der Waals surface area contributed by atoms with Crippen molar-refractivity contribution in [2.24, 2.45) is 0 Å². The largest absolute Gasteiger partial charge is 0.468 e. The van der Waals surface area contributed by atoms with Gasteiger partial charge in [-0.1, -0.05) is 12.1 Å². The molecule has 0 saturated carbocycles. The second-order valence-electron chi connectivity index (χ2n) is 6.05. The number of hydrogen-bond donors (Lipinski definition) is 2. The molecule has 3 aromatic rings. The van der Waals surface area contributed by atoms with Crippen molar-refractivity contribution in [3.05, 3.63) is 53.5 Å². The van der Waals surface area contributed by atoms with Gasteiger partial charge in [-0.05, 0) is 31.5 Å².